The predicted octanol–water partition coefficient (Wildman–Crippen LogP) is 2.64. The molecule has 144 valence electrons. The van der Waals surface area contributed by atoms with E-state index in [2.05, 4.69) is 15.6 Å². The third-order valence-corrected chi connectivity index (χ3v) is 6.30. The molecule has 6 nitrogen and oxygen atoms in total. The van der Waals surface area contributed by atoms with Gasteiger partial charge in [-0.1, -0.05) is 36.4 Å². The van der Waals surface area contributed by atoms with E-state index in [0.717, 1.165) is 22.6 Å². The minimum Gasteiger partial charge on any atom is -0.457 e. The van der Waals surface area contributed by atoms with Crippen molar-refractivity contribution >= 4 is 15.8 Å². The smallest absolute Gasteiger partial charge is 0.191 e. The number of guanidine groups is 1. The van der Waals surface area contributed by atoms with Crippen LogP contribution in [0.25, 0.3) is 0 Å². The Balaban J connectivity index is 1.64. The molecule has 2 aromatic rings. The Hall–Kier alpha value is -2.54. The first-order valence-electron chi connectivity index (χ1n) is 8.96. The molecule has 0 radical (unpaired) electrons. The number of rotatable bonds is 5. The lowest BCUT2D eigenvalue weighted by molar-refractivity contribution is 0.471. The molecule has 1 aliphatic heterocycles. The molecule has 0 saturated carbocycles. The molecule has 1 heterocycles. The van der Waals surface area contributed by atoms with Crippen LogP contribution in [0.15, 0.2) is 53.5 Å². The Morgan fingerprint density at radius 2 is 1.85 bits per heavy atom. The van der Waals surface area contributed by atoms with Crippen molar-refractivity contribution in [2.24, 2.45) is 4.99 Å². The molecular weight excluding hydrogens is 362 g/mol. The van der Waals surface area contributed by atoms with Crippen LogP contribution in [0.3, 0.4) is 0 Å². The van der Waals surface area contributed by atoms with Gasteiger partial charge in [0.1, 0.15) is 11.5 Å². The maximum absolute atomic E-state index is 11.6. The number of hydrogen-bond acceptors (Lipinski definition) is 4. The van der Waals surface area contributed by atoms with E-state index in [4.69, 9.17) is 4.74 Å². The second-order valence-electron chi connectivity index (χ2n) is 6.65. The molecule has 0 aromatic heterocycles. The zero-order chi connectivity index (χ0) is 19.3. The number of aryl methyl sites for hydroxylation is 1. The van der Waals surface area contributed by atoms with Crippen LogP contribution in [0.2, 0.25) is 0 Å². The highest BCUT2D eigenvalue weighted by Gasteiger charge is 2.28. The molecule has 7 heteroatoms. The number of hydrogen-bond donors (Lipinski definition) is 2. The van der Waals surface area contributed by atoms with Crippen molar-refractivity contribution in [2.45, 2.75) is 25.9 Å². The van der Waals surface area contributed by atoms with E-state index in [1.807, 2.05) is 55.5 Å². The standard InChI is InChI=1S/C20H25N3O3S/c1-15-7-3-5-9-18(15)26-19-10-6-4-8-16(19)13-22-20(21-2)23-17-11-12-27(24,25)14-17/h3-10,17H,11-14H2,1-2H3,(H2,21,22,23). The average Bonchev–Trinajstić information content (AvgIpc) is 3.00. The number of ether oxygens (including phenoxy) is 1. The zero-order valence-corrected chi connectivity index (χ0v) is 16.4. The zero-order valence-electron chi connectivity index (χ0n) is 15.6. The van der Waals surface area contributed by atoms with Crippen LogP contribution in [0.5, 0.6) is 11.5 Å². The van der Waals surface area contributed by atoms with Crippen LogP contribution < -0.4 is 15.4 Å². The highest BCUT2D eigenvalue weighted by molar-refractivity contribution is 7.91. The molecule has 1 fully saturated rings. The number of nitrogens with one attached hydrogen (secondary N) is 2. The van der Waals surface area contributed by atoms with E-state index in [-0.39, 0.29) is 17.5 Å². The van der Waals surface area contributed by atoms with Crippen LogP contribution in [-0.2, 0) is 16.4 Å². The quantitative estimate of drug-likeness (QED) is 0.609. The lowest BCUT2D eigenvalue weighted by atomic mass is 10.2. The van der Waals surface area contributed by atoms with Crippen LogP contribution in [-0.4, -0.2) is 39.0 Å². The van der Waals surface area contributed by atoms with Gasteiger partial charge < -0.3 is 15.4 Å². The summed E-state index contributed by atoms with van der Waals surface area (Å²) in [6.45, 7) is 2.53. The van der Waals surface area contributed by atoms with E-state index in [0.29, 0.717) is 18.9 Å². The molecule has 0 spiro atoms. The van der Waals surface area contributed by atoms with Crippen molar-refractivity contribution in [3.05, 3.63) is 59.7 Å². The maximum Gasteiger partial charge on any atom is 0.191 e. The van der Waals surface area contributed by atoms with Gasteiger partial charge in [0.25, 0.3) is 0 Å². The van der Waals surface area contributed by atoms with E-state index >= 15 is 0 Å². The first-order chi connectivity index (χ1) is 13.0. The Morgan fingerprint density at radius 1 is 1.15 bits per heavy atom. The Labute approximate surface area is 160 Å². The number of benzene rings is 2. The first-order valence-corrected chi connectivity index (χ1v) is 10.8. The van der Waals surface area contributed by atoms with Crippen molar-refractivity contribution in [2.75, 3.05) is 18.6 Å². The van der Waals surface area contributed by atoms with E-state index in [1.165, 1.54) is 0 Å². The number of nitrogens with zero attached hydrogens (tertiary/aromatic N) is 1. The molecule has 27 heavy (non-hydrogen) atoms. The summed E-state index contributed by atoms with van der Waals surface area (Å²) in [5, 5.41) is 6.43. The van der Waals surface area contributed by atoms with Crippen molar-refractivity contribution in [3.63, 3.8) is 0 Å². The summed E-state index contributed by atoms with van der Waals surface area (Å²) < 4.78 is 29.3. The Kier molecular flexibility index (Phi) is 6.01. The van der Waals surface area contributed by atoms with E-state index in [9.17, 15) is 8.42 Å². The van der Waals surface area contributed by atoms with E-state index in [1.54, 1.807) is 7.05 Å². The van der Waals surface area contributed by atoms with Gasteiger partial charge in [-0.2, -0.15) is 0 Å². The third-order valence-electron chi connectivity index (χ3n) is 4.53. The normalized spacial score (nSPS) is 18.9. The fraction of sp³-hybridized carbons (Fsp3) is 0.350. The van der Waals surface area contributed by atoms with Crippen molar-refractivity contribution in [3.8, 4) is 11.5 Å². The maximum atomic E-state index is 11.6. The van der Waals surface area contributed by atoms with Gasteiger partial charge in [0.15, 0.2) is 15.8 Å². The molecule has 0 amide bonds. The fourth-order valence-electron chi connectivity index (χ4n) is 3.01. The number of aliphatic imine (C=N–C) groups is 1. The van der Waals surface area contributed by atoms with Crippen LogP contribution in [0.1, 0.15) is 17.5 Å². The van der Waals surface area contributed by atoms with Gasteiger partial charge in [-0.05, 0) is 31.0 Å². The molecule has 2 aromatic carbocycles. The summed E-state index contributed by atoms with van der Waals surface area (Å²) in [7, 11) is -1.25. The molecular formula is C20H25N3O3S. The molecule has 0 aliphatic carbocycles. The van der Waals surface area contributed by atoms with Gasteiger partial charge in [0.2, 0.25) is 0 Å². The highest BCUT2D eigenvalue weighted by atomic mass is 32.2. The second kappa shape index (κ2) is 8.43. The molecule has 3 rings (SSSR count). The minimum atomic E-state index is -2.93. The molecule has 0 bridgehead atoms. The van der Waals surface area contributed by atoms with Crippen molar-refractivity contribution in [1.29, 1.82) is 0 Å². The minimum absolute atomic E-state index is 0.0975. The van der Waals surface area contributed by atoms with Gasteiger partial charge >= 0.3 is 0 Å². The summed E-state index contributed by atoms with van der Waals surface area (Å²) >= 11 is 0. The molecule has 2 N–H and O–H groups in total. The molecule has 1 atom stereocenters. The largest absolute Gasteiger partial charge is 0.457 e. The fourth-order valence-corrected chi connectivity index (χ4v) is 4.69. The van der Waals surface area contributed by atoms with Gasteiger partial charge in [-0.3, -0.25) is 4.99 Å². The van der Waals surface area contributed by atoms with Gasteiger partial charge in [-0.15, -0.1) is 0 Å². The van der Waals surface area contributed by atoms with Gasteiger partial charge in [0, 0.05) is 25.2 Å². The Morgan fingerprint density at radius 3 is 2.52 bits per heavy atom. The SMILES string of the molecule is CN=C(NCc1ccccc1Oc1ccccc1C)NC1CCS(=O)(=O)C1. The lowest BCUT2D eigenvalue weighted by Gasteiger charge is -2.17. The monoisotopic (exact) mass is 387 g/mol. The predicted molar refractivity (Wildman–Crippen MR) is 108 cm³/mol. The van der Waals surface area contributed by atoms with Gasteiger partial charge in [0.05, 0.1) is 11.5 Å². The first kappa shape index (κ1) is 19.2. The summed E-state index contributed by atoms with van der Waals surface area (Å²) in [6, 6.07) is 15.6. The van der Waals surface area contributed by atoms with Crippen molar-refractivity contribution in [1.82, 2.24) is 10.6 Å². The summed E-state index contributed by atoms with van der Waals surface area (Å²) in [4.78, 5) is 4.20. The van der Waals surface area contributed by atoms with Crippen molar-refractivity contribution < 1.29 is 13.2 Å². The number of para-hydroxylation sites is 2. The Bertz CT molecular complexity index is 926. The summed E-state index contributed by atoms with van der Waals surface area (Å²) in [5.41, 5.74) is 2.06. The molecule has 1 saturated heterocycles. The topological polar surface area (TPSA) is 79.8 Å². The summed E-state index contributed by atoms with van der Waals surface area (Å²) in [5.74, 6) is 2.57. The number of sulfone groups is 1. The summed E-state index contributed by atoms with van der Waals surface area (Å²) in [6.07, 6.45) is 0.607. The van der Waals surface area contributed by atoms with Crippen LogP contribution in [0.4, 0.5) is 0 Å². The molecule has 1 unspecified atom stereocenters. The van der Waals surface area contributed by atoms with Crippen LogP contribution >= 0.6 is 0 Å². The highest BCUT2D eigenvalue weighted by Crippen LogP contribution is 2.27. The lowest BCUT2D eigenvalue weighted by Crippen LogP contribution is -2.43. The van der Waals surface area contributed by atoms with Crippen LogP contribution in [0, 0.1) is 6.92 Å². The van der Waals surface area contributed by atoms with E-state index < -0.39 is 9.84 Å². The van der Waals surface area contributed by atoms with Gasteiger partial charge in [-0.25, -0.2) is 8.42 Å². The third kappa shape index (κ3) is 5.23. The second-order valence-corrected chi connectivity index (χ2v) is 8.87. The molecule has 1 aliphatic rings. The average molecular weight is 388 g/mol.